The number of aromatic nitrogens is 4. The lowest BCUT2D eigenvalue weighted by Gasteiger charge is -2.30. The van der Waals surface area contributed by atoms with Gasteiger partial charge in [0.2, 0.25) is 0 Å². The summed E-state index contributed by atoms with van der Waals surface area (Å²) in [4.78, 5) is 11.7. The summed E-state index contributed by atoms with van der Waals surface area (Å²) in [5.41, 5.74) is 3.97. The third-order valence-electron chi connectivity index (χ3n) is 6.48. The monoisotopic (exact) mass is 424 g/mol. The van der Waals surface area contributed by atoms with Gasteiger partial charge in [0, 0.05) is 24.3 Å². The normalized spacial score (nSPS) is 16.7. The minimum atomic E-state index is 0.520. The predicted octanol–water partition coefficient (Wildman–Crippen LogP) is 5.79. The van der Waals surface area contributed by atoms with Gasteiger partial charge in [0.05, 0.1) is 18.1 Å². The van der Waals surface area contributed by atoms with Gasteiger partial charge in [-0.25, -0.2) is 14.6 Å². The molecule has 0 aromatic carbocycles. The summed E-state index contributed by atoms with van der Waals surface area (Å²) in [6.07, 6.45) is 12.8. The number of hydrogen-bond acceptors (Lipinski definition) is 5. The molecule has 31 heavy (non-hydrogen) atoms. The first-order valence-electron chi connectivity index (χ1n) is 12.0. The van der Waals surface area contributed by atoms with Crippen molar-refractivity contribution in [3.63, 3.8) is 0 Å². The summed E-state index contributed by atoms with van der Waals surface area (Å²) in [6, 6.07) is 1.04. The van der Waals surface area contributed by atoms with E-state index in [2.05, 4.69) is 66.1 Å². The van der Waals surface area contributed by atoms with Crippen molar-refractivity contribution in [3.05, 3.63) is 37.0 Å². The highest BCUT2D eigenvalue weighted by Crippen LogP contribution is 2.40. The highest BCUT2D eigenvalue weighted by molar-refractivity contribution is 5.86. The molecule has 2 fully saturated rings. The van der Waals surface area contributed by atoms with Crippen LogP contribution in [0, 0.1) is 5.92 Å². The first-order valence-corrected chi connectivity index (χ1v) is 12.0. The van der Waals surface area contributed by atoms with Crippen molar-refractivity contribution in [2.24, 2.45) is 5.92 Å². The van der Waals surface area contributed by atoms with Crippen LogP contribution < -0.4 is 5.32 Å². The largest absolute Gasteiger partial charge is 0.343 e. The summed E-state index contributed by atoms with van der Waals surface area (Å²) >= 11 is 0. The third-order valence-corrected chi connectivity index (χ3v) is 6.48. The Hall–Kier alpha value is -2.21. The quantitative estimate of drug-likeness (QED) is 0.544. The first kappa shape index (κ1) is 23.5. The lowest BCUT2D eigenvalue weighted by atomic mass is 9.86. The number of hydrogen-bond donors (Lipinski definition) is 1. The number of allylic oxidation sites excluding steroid dienone is 2. The molecule has 0 atom stereocenters. The SMILES string of the molecule is C=C.CC(C)N(CCn1ncc2c(NC(=C3CC3)C3CCCCC3)ncnc21)C(C)C. The molecule has 0 spiro atoms. The van der Waals surface area contributed by atoms with Crippen LogP contribution in [0.3, 0.4) is 0 Å². The van der Waals surface area contributed by atoms with Gasteiger partial charge in [-0.05, 0) is 64.9 Å². The van der Waals surface area contributed by atoms with E-state index < -0.39 is 0 Å². The van der Waals surface area contributed by atoms with Crippen LogP contribution >= 0.6 is 0 Å². The van der Waals surface area contributed by atoms with Crippen molar-refractivity contribution < 1.29 is 0 Å². The molecule has 0 amide bonds. The fraction of sp³-hybridized carbons (Fsp3) is 0.640. The van der Waals surface area contributed by atoms with E-state index in [0.717, 1.165) is 29.9 Å². The Morgan fingerprint density at radius 2 is 1.77 bits per heavy atom. The molecular weight excluding hydrogens is 384 g/mol. The highest BCUT2D eigenvalue weighted by atomic mass is 15.3. The summed E-state index contributed by atoms with van der Waals surface area (Å²) in [5.74, 6) is 1.60. The van der Waals surface area contributed by atoms with E-state index in [1.54, 1.807) is 11.9 Å². The van der Waals surface area contributed by atoms with Crippen LogP contribution in [0.25, 0.3) is 11.0 Å². The zero-order valence-corrected chi connectivity index (χ0v) is 19.9. The summed E-state index contributed by atoms with van der Waals surface area (Å²) in [6.45, 7) is 16.8. The zero-order chi connectivity index (χ0) is 22.4. The summed E-state index contributed by atoms with van der Waals surface area (Å²) < 4.78 is 2.03. The number of fused-ring (bicyclic) bond motifs is 1. The molecule has 4 rings (SSSR count). The Kier molecular flexibility index (Phi) is 8.24. The minimum absolute atomic E-state index is 0.520. The Morgan fingerprint density at radius 3 is 2.39 bits per heavy atom. The van der Waals surface area contributed by atoms with Gasteiger partial charge in [-0.3, -0.25) is 4.90 Å². The standard InChI is InChI=1S/C23H36N6.C2H4/c1-16(2)28(17(3)4)12-13-29-23-20(14-26-29)22(24-15-25-23)27-21(19-10-11-19)18-8-6-5-7-9-18;1-2/h14-18H,5-13H2,1-4H3,(H,24,25,27);1-2H2. The molecule has 0 saturated heterocycles. The molecule has 2 aromatic heterocycles. The molecule has 170 valence electrons. The second-order valence-electron chi connectivity index (χ2n) is 9.23. The average molecular weight is 425 g/mol. The molecule has 2 heterocycles. The molecule has 0 radical (unpaired) electrons. The smallest absolute Gasteiger partial charge is 0.163 e. The van der Waals surface area contributed by atoms with Crippen LogP contribution in [0.2, 0.25) is 0 Å². The van der Waals surface area contributed by atoms with Crippen molar-refractivity contribution >= 4 is 16.9 Å². The number of nitrogens with one attached hydrogen (secondary N) is 1. The van der Waals surface area contributed by atoms with Crippen molar-refractivity contribution in [1.29, 1.82) is 0 Å². The molecule has 6 heteroatoms. The molecule has 0 unspecified atom stereocenters. The molecule has 2 saturated carbocycles. The molecule has 2 aliphatic rings. The molecular formula is C25H40N6. The van der Waals surface area contributed by atoms with Gasteiger partial charge < -0.3 is 5.32 Å². The Bertz CT molecular complexity index is 861. The van der Waals surface area contributed by atoms with Gasteiger partial charge in [-0.1, -0.05) is 19.3 Å². The van der Waals surface area contributed by atoms with Gasteiger partial charge in [0.25, 0.3) is 0 Å². The Morgan fingerprint density at radius 1 is 1.10 bits per heavy atom. The van der Waals surface area contributed by atoms with Crippen molar-refractivity contribution in [1.82, 2.24) is 24.6 Å². The summed E-state index contributed by atoms with van der Waals surface area (Å²) in [5, 5.41) is 9.42. The van der Waals surface area contributed by atoms with Gasteiger partial charge in [-0.15, -0.1) is 13.2 Å². The van der Waals surface area contributed by atoms with Gasteiger partial charge in [0.1, 0.15) is 12.1 Å². The van der Waals surface area contributed by atoms with Crippen LogP contribution in [0.1, 0.15) is 72.6 Å². The highest BCUT2D eigenvalue weighted by Gasteiger charge is 2.27. The maximum Gasteiger partial charge on any atom is 0.163 e. The minimum Gasteiger partial charge on any atom is -0.343 e. The van der Waals surface area contributed by atoms with Gasteiger partial charge in [-0.2, -0.15) is 5.10 Å². The molecule has 0 bridgehead atoms. The fourth-order valence-electron chi connectivity index (χ4n) is 4.81. The van der Waals surface area contributed by atoms with E-state index in [-0.39, 0.29) is 0 Å². The van der Waals surface area contributed by atoms with E-state index in [0.29, 0.717) is 18.0 Å². The zero-order valence-electron chi connectivity index (χ0n) is 19.9. The van der Waals surface area contributed by atoms with E-state index in [1.807, 2.05) is 10.9 Å². The molecule has 1 N–H and O–H groups in total. The van der Waals surface area contributed by atoms with E-state index in [1.165, 1.54) is 50.6 Å². The Labute approximate surface area is 187 Å². The second-order valence-corrected chi connectivity index (χ2v) is 9.23. The van der Waals surface area contributed by atoms with Crippen molar-refractivity contribution in [3.8, 4) is 0 Å². The maximum atomic E-state index is 4.66. The lowest BCUT2D eigenvalue weighted by molar-refractivity contribution is 0.167. The van der Waals surface area contributed by atoms with Crippen molar-refractivity contribution in [2.75, 3.05) is 11.9 Å². The maximum absolute atomic E-state index is 4.66. The molecule has 2 aliphatic carbocycles. The number of rotatable bonds is 8. The third kappa shape index (κ3) is 5.73. The van der Waals surface area contributed by atoms with E-state index in [9.17, 15) is 0 Å². The van der Waals surface area contributed by atoms with E-state index >= 15 is 0 Å². The molecule has 6 nitrogen and oxygen atoms in total. The van der Waals surface area contributed by atoms with E-state index in [4.69, 9.17) is 0 Å². The molecule has 0 aliphatic heterocycles. The number of anilines is 1. The topological polar surface area (TPSA) is 58.9 Å². The number of nitrogens with zero attached hydrogens (tertiary/aromatic N) is 5. The van der Waals surface area contributed by atoms with Gasteiger partial charge in [0.15, 0.2) is 5.65 Å². The first-order chi connectivity index (χ1) is 15.0. The average Bonchev–Trinajstić information content (AvgIpc) is 3.53. The van der Waals surface area contributed by atoms with Gasteiger partial charge >= 0.3 is 0 Å². The fourth-order valence-corrected chi connectivity index (χ4v) is 4.81. The van der Waals surface area contributed by atoms with Crippen LogP contribution in [0.5, 0.6) is 0 Å². The predicted molar refractivity (Wildman–Crippen MR) is 130 cm³/mol. The van der Waals surface area contributed by atoms with Crippen LogP contribution in [-0.4, -0.2) is 43.3 Å². The Balaban J connectivity index is 0.00000132. The van der Waals surface area contributed by atoms with Crippen molar-refractivity contribution in [2.45, 2.75) is 91.3 Å². The molecule has 2 aromatic rings. The second kappa shape index (κ2) is 10.9. The van der Waals surface area contributed by atoms with Crippen LogP contribution in [0.4, 0.5) is 5.82 Å². The van der Waals surface area contributed by atoms with Crippen LogP contribution in [-0.2, 0) is 6.54 Å². The van der Waals surface area contributed by atoms with Crippen LogP contribution in [0.15, 0.2) is 37.0 Å². The summed E-state index contributed by atoms with van der Waals surface area (Å²) in [7, 11) is 0. The lowest BCUT2D eigenvalue weighted by Crippen LogP contribution is -2.39.